The van der Waals surface area contributed by atoms with E-state index in [2.05, 4.69) is 4.72 Å². The number of rotatable bonds is 3. The van der Waals surface area contributed by atoms with Crippen LogP contribution in [0, 0.1) is 6.92 Å². The van der Waals surface area contributed by atoms with Crippen LogP contribution in [-0.4, -0.2) is 38.4 Å². The van der Waals surface area contributed by atoms with Gasteiger partial charge in [0.1, 0.15) is 4.90 Å². The van der Waals surface area contributed by atoms with E-state index in [0.29, 0.717) is 25.9 Å². The van der Waals surface area contributed by atoms with Crippen molar-refractivity contribution in [3.8, 4) is 0 Å². The molecule has 0 saturated carbocycles. The summed E-state index contributed by atoms with van der Waals surface area (Å²) >= 11 is 6.02. The van der Waals surface area contributed by atoms with Crippen LogP contribution in [0.1, 0.15) is 25.3 Å². The van der Waals surface area contributed by atoms with Crippen molar-refractivity contribution >= 4 is 27.5 Å². The molecule has 1 aromatic rings. The van der Waals surface area contributed by atoms with Crippen molar-refractivity contribution < 1.29 is 13.2 Å². The maximum absolute atomic E-state index is 12.4. The summed E-state index contributed by atoms with van der Waals surface area (Å²) in [5.41, 5.74) is 0.911. The first-order valence-electron chi connectivity index (χ1n) is 6.83. The average molecular weight is 331 g/mol. The Morgan fingerprint density at radius 2 is 1.95 bits per heavy atom. The molecule has 0 bridgehead atoms. The predicted octanol–water partition coefficient (Wildman–Crippen LogP) is 1.94. The molecule has 1 saturated heterocycles. The molecule has 1 N–H and O–H groups in total. The molecule has 0 radical (unpaired) electrons. The van der Waals surface area contributed by atoms with Crippen molar-refractivity contribution in [2.45, 2.75) is 37.6 Å². The van der Waals surface area contributed by atoms with Gasteiger partial charge in [-0.15, -0.1) is 0 Å². The zero-order valence-corrected chi connectivity index (χ0v) is 13.7. The quantitative estimate of drug-likeness (QED) is 0.921. The van der Waals surface area contributed by atoms with Crippen molar-refractivity contribution in [1.82, 2.24) is 9.62 Å². The minimum atomic E-state index is -3.63. The summed E-state index contributed by atoms with van der Waals surface area (Å²) in [6, 6.07) is 4.71. The Morgan fingerprint density at radius 3 is 2.48 bits per heavy atom. The Hall–Kier alpha value is -1.11. The van der Waals surface area contributed by atoms with Gasteiger partial charge in [-0.25, -0.2) is 13.1 Å². The van der Waals surface area contributed by atoms with Crippen LogP contribution in [-0.2, 0) is 14.8 Å². The van der Waals surface area contributed by atoms with Gasteiger partial charge in [-0.2, -0.15) is 0 Å². The molecule has 0 aromatic heterocycles. The van der Waals surface area contributed by atoms with E-state index < -0.39 is 10.0 Å². The number of amides is 1. The highest BCUT2D eigenvalue weighted by molar-refractivity contribution is 7.89. The number of carbonyl (C=O) groups excluding carboxylic acids is 1. The summed E-state index contributed by atoms with van der Waals surface area (Å²) in [6.45, 7) is 4.53. The molecule has 5 nitrogen and oxygen atoms in total. The van der Waals surface area contributed by atoms with Gasteiger partial charge in [0.05, 0.1) is 5.02 Å². The number of likely N-dealkylation sites (tertiary alicyclic amines) is 1. The molecule has 1 heterocycles. The van der Waals surface area contributed by atoms with Crippen LogP contribution < -0.4 is 4.72 Å². The van der Waals surface area contributed by atoms with E-state index in [1.165, 1.54) is 13.0 Å². The van der Waals surface area contributed by atoms with E-state index >= 15 is 0 Å². The number of nitrogens with one attached hydrogen (secondary N) is 1. The summed E-state index contributed by atoms with van der Waals surface area (Å²) in [7, 11) is -3.63. The summed E-state index contributed by atoms with van der Waals surface area (Å²) in [5.74, 6) is 0.0258. The molecule has 0 atom stereocenters. The lowest BCUT2D eigenvalue weighted by Crippen LogP contribution is -2.45. The third-order valence-corrected chi connectivity index (χ3v) is 5.64. The minimum Gasteiger partial charge on any atom is -0.343 e. The molecule has 7 heteroatoms. The fraction of sp³-hybridized carbons (Fsp3) is 0.500. The van der Waals surface area contributed by atoms with Crippen molar-refractivity contribution in [2.24, 2.45) is 0 Å². The maximum atomic E-state index is 12.4. The maximum Gasteiger partial charge on any atom is 0.242 e. The summed E-state index contributed by atoms with van der Waals surface area (Å²) in [5, 5.41) is 0.226. The molecule has 1 aliphatic rings. The molecule has 116 valence electrons. The van der Waals surface area contributed by atoms with E-state index in [1.54, 1.807) is 17.0 Å². The van der Waals surface area contributed by atoms with E-state index in [0.717, 1.165) is 5.56 Å². The first kappa shape index (κ1) is 16.3. The second-order valence-electron chi connectivity index (χ2n) is 5.34. The highest BCUT2D eigenvalue weighted by Crippen LogP contribution is 2.23. The molecular weight excluding hydrogens is 312 g/mol. The summed E-state index contributed by atoms with van der Waals surface area (Å²) < 4.78 is 27.4. The van der Waals surface area contributed by atoms with Crippen molar-refractivity contribution in [3.63, 3.8) is 0 Å². The van der Waals surface area contributed by atoms with Crippen LogP contribution in [0.15, 0.2) is 23.1 Å². The molecule has 21 heavy (non-hydrogen) atoms. The molecule has 2 rings (SSSR count). The first-order chi connectivity index (χ1) is 9.79. The van der Waals surface area contributed by atoms with Crippen LogP contribution >= 0.6 is 11.6 Å². The highest BCUT2D eigenvalue weighted by atomic mass is 35.5. The topological polar surface area (TPSA) is 66.5 Å². The SMILES string of the molecule is CC(=O)N1CCC(NS(=O)(=O)c2ccc(C)cc2Cl)CC1. The average Bonchev–Trinajstić information content (AvgIpc) is 2.38. The number of aryl methyl sites for hydroxylation is 1. The Kier molecular flexibility index (Phi) is 4.91. The highest BCUT2D eigenvalue weighted by Gasteiger charge is 2.26. The summed E-state index contributed by atoms with van der Waals surface area (Å²) in [4.78, 5) is 13.1. The second-order valence-corrected chi connectivity index (χ2v) is 7.43. The number of hydrogen-bond acceptors (Lipinski definition) is 3. The van der Waals surface area contributed by atoms with Gasteiger partial charge in [0, 0.05) is 26.1 Å². The van der Waals surface area contributed by atoms with Gasteiger partial charge in [-0.05, 0) is 37.5 Å². The van der Waals surface area contributed by atoms with Gasteiger partial charge >= 0.3 is 0 Å². The Morgan fingerprint density at radius 1 is 1.33 bits per heavy atom. The predicted molar refractivity (Wildman–Crippen MR) is 81.8 cm³/mol. The normalized spacial score (nSPS) is 17.0. The molecular formula is C14H19ClN2O3S. The number of hydrogen-bond donors (Lipinski definition) is 1. The Labute approximate surface area is 130 Å². The smallest absolute Gasteiger partial charge is 0.242 e. The van der Waals surface area contributed by atoms with Gasteiger partial charge in [0.25, 0.3) is 0 Å². The van der Waals surface area contributed by atoms with Crippen molar-refractivity contribution in [3.05, 3.63) is 28.8 Å². The Balaban J connectivity index is 2.07. The van der Waals surface area contributed by atoms with Gasteiger partial charge in [-0.1, -0.05) is 17.7 Å². The van der Waals surface area contributed by atoms with Gasteiger partial charge in [0.2, 0.25) is 15.9 Å². The third-order valence-electron chi connectivity index (χ3n) is 3.64. The zero-order chi connectivity index (χ0) is 15.6. The minimum absolute atomic E-state index is 0.0258. The number of carbonyl (C=O) groups is 1. The Bertz CT molecular complexity index is 638. The fourth-order valence-corrected chi connectivity index (χ4v) is 4.32. The van der Waals surface area contributed by atoms with Crippen LogP contribution in [0.4, 0.5) is 0 Å². The van der Waals surface area contributed by atoms with Gasteiger partial charge < -0.3 is 4.90 Å². The van der Waals surface area contributed by atoms with Crippen LogP contribution in [0.25, 0.3) is 0 Å². The van der Waals surface area contributed by atoms with Crippen molar-refractivity contribution in [2.75, 3.05) is 13.1 Å². The fourth-order valence-electron chi connectivity index (χ4n) is 2.42. The van der Waals surface area contributed by atoms with Crippen LogP contribution in [0.3, 0.4) is 0 Å². The molecule has 1 amide bonds. The first-order valence-corrected chi connectivity index (χ1v) is 8.70. The van der Waals surface area contributed by atoms with E-state index in [4.69, 9.17) is 11.6 Å². The number of benzene rings is 1. The lowest BCUT2D eigenvalue weighted by atomic mass is 10.1. The van der Waals surface area contributed by atoms with E-state index in [1.807, 2.05) is 6.92 Å². The van der Waals surface area contributed by atoms with Crippen LogP contribution in [0.2, 0.25) is 5.02 Å². The molecule has 0 unspecified atom stereocenters. The number of nitrogens with zero attached hydrogens (tertiary/aromatic N) is 1. The van der Waals surface area contributed by atoms with E-state index in [-0.39, 0.29) is 21.9 Å². The lowest BCUT2D eigenvalue weighted by Gasteiger charge is -2.31. The van der Waals surface area contributed by atoms with E-state index in [9.17, 15) is 13.2 Å². The third kappa shape index (κ3) is 3.96. The molecule has 1 fully saturated rings. The molecule has 1 aromatic carbocycles. The molecule has 0 aliphatic carbocycles. The number of halogens is 1. The number of piperidine rings is 1. The zero-order valence-electron chi connectivity index (χ0n) is 12.1. The number of sulfonamides is 1. The van der Waals surface area contributed by atoms with Gasteiger partial charge in [-0.3, -0.25) is 4.79 Å². The standard InChI is InChI=1S/C14H19ClN2O3S/c1-10-3-4-14(13(15)9-10)21(19,20)16-12-5-7-17(8-6-12)11(2)18/h3-4,9,12,16H,5-8H2,1-2H3. The second kappa shape index (κ2) is 6.34. The summed E-state index contributed by atoms with van der Waals surface area (Å²) in [6.07, 6.45) is 1.23. The van der Waals surface area contributed by atoms with Crippen LogP contribution in [0.5, 0.6) is 0 Å². The largest absolute Gasteiger partial charge is 0.343 e. The monoisotopic (exact) mass is 330 g/mol. The molecule has 0 spiro atoms. The lowest BCUT2D eigenvalue weighted by molar-refractivity contribution is -0.129. The van der Waals surface area contributed by atoms with Gasteiger partial charge in [0.15, 0.2) is 0 Å². The molecule has 1 aliphatic heterocycles. The van der Waals surface area contributed by atoms with Crippen molar-refractivity contribution in [1.29, 1.82) is 0 Å².